The normalized spacial score (nSPS) is 25.1. The Morgan fingerprint density at radius 3 is 2.75 bits per heavy atom. The second-order valence-corrected chi connectivity index (χ2v) is 6.76. The first-order chi connectivity index (χ1) is 11.7. The Bertz CT molecular complexity index is 395. The van der Waals surface area contributed by atoms with Gasteiger partial charge in [0, 0.05) is 45.0 Å². The van der Waals surface area contributed by atoms with Gasteiger partial charge in [0.05, 0.1) is 19.8 Å². The first-order valence-electron chi connectivity index (χ1n) is 9.23. The van der Waals surface area contributed by atoms with Gasteiger partial charge < -0.3 is 14.2 Å². The van der Waals surface area contributed by atoms with Crippen molar-refractivity contribution in [3.8, 4) is 0 Å². The quantitative estimate of drug-likeness (QED) is 0.445. The van der Waals surface area contributed by atoms with E-state index in [1.807, 2.05) is 6.92 Å². The van der Waals surface area contributed by atoms with Crippen molar-refractivity contribution in [3.05, 3.63) is 0 Å². The smallest absolute Gasteiger partial charge is 0.305 e. The Kier molecular flexibility index (Phi) is 8.70. The molecular formula is C18H31NO5. The molecule has 2 rings (SSSR count). The molecule has 1 heterocycles. The van der Waals surface area contributed by atoms with Gasteiger partial charge in [-0.3, -0.25) is 14.5 Å². The predicted molar refractivity (Wildman–Crippen MR) is 89.8 cm³/mol. The fraction of sp³-hybridized carbons (Fsp3) is 0.889. The van der Waals surface area contributed by atoms with Crippen LogP contribution in [0.4, 0.5) is 0 Å². The summed E-state index contributed by atoms with van der Waals surface area (Å²) in [5.41, 5.74) is 0. The number of hydrogen-bond acceptors (Lipinski definition) is 6. The van der Waals surface area contributed by atoms with Gasteiger partial charge >= 0.3 is 5.97 Å². The minimum atomic E-state index is -0.127. The molecule has 138 valence electrons. The summed E-state index contributed by atoms with van der Waals surface area (Å²) < 4.78 is 16.2. The van der Waals surface area contributed by atoms with Gasteiger partial charge in [0.25, 0.3) is 0 Å². The average Bonchev–Trinajstić information content (AvgIpc) is 2.91. The molecule has 2 atom stereocenters. The van der Waals surface area contributed by atoms with Crippen molar-refractivity contribution in [1.82, 2.24) is 4.90 Å². The van der Waals surface area contributed by atoms with Crippen LogP contribution in [0.25, 0.3) is 0 Å². The highest BCUT2D eigenvalue weighted by Gasteiger charge is 2.30. The summed E-state index contributed by atoms with van der Waals surface area (Å²) in [6, 6.07) is 0. The minimum Gasteiger partial charge on any atom is -0.464 e. The maximum absolute atomic E-state index is 11.7. The third-order valence-electron chi connectivity index (χ3n) is 5.00. The summed E-state index contributed by atoms with van der Waals surface area (Å²) in [6.45, 7) is 7.93. The summed E-state index contributed by atoms with van der Waals surface area (Å²) in [5, 5.41) is 0. The van der Waals surface area contributed by atoms with Gasteiger partial charge in [0.1, 0.15) is 12.4 Å². The summed E-state index contributed by atoms with van der Waals surface area (Å²) in [4.78, 5) is 25.4. The van der Waals surface area contributed by atoms with E-state index < -0.39 is 0 Å². The van der Waals surface area contributed by atoms with E-state index in [1.54, 1.807) is 0 Å². The summed E-state index contributed by atoms with van der Waals surface area (Å²) in [7, 11) is 0. The molecule has 0 N–H and O–H groups in total. The highest BCUT2D eigenvalue weighted by Crippen LogP contribution is 2.28. The van der Waals surface area contributed by atoms with Crippen LogP contribution in [0.15, 0.2) is 0 Å². The molecule has 1 aliphatic heterocycles. The van der Waals surface area contributed by atoms with Crippen molar-refractivity contribution in [3.63, 3.8) is 0 Å². The fourth-order valence-electron chi connectivity index (χ4n) is 3.19. The highest BCUT2D eigenvalue weighted by molar-refractivity contribution is 5.82. The van der Waals surface area contributed by atoms with Crippen LogP contribution in [0.1, 0.15) is 39.0 Å². The molecule has 0 spiro atoms. The molecule has 0 aromatic carbocycles. The molecule has 1 aliphatic carbocycles. The second kappa shape index (κ2) is 10.8. The summed E-state index contributed by atoms with van der Waals surface area (Å²) >= 11 is 0. The molecule has 0 aromatic heterocycles. The number of rotatable bonds is 10. The predicted octanol–water partition coefficient (Wildman–Crippen LogP) is 1.66. The zero-order valence-corrected chi connectivity index (χ0v) is 14.8. The molecule has 6 nitrogen and oxygen atoms in total. The molecule has 0 radical (unpaired) electrons. The first kappa shape index (κ1) is 19.3. The molecule has 2 aliphatic rings. The van der Waals surface area contributed by atoms with Crippen molar-refractivity contribution < 1.29 is 23.8 Å². The van der Waals surface area contributed by atoms with Crippen LogP contribution in [0.3, 0.4) is 0 Å². The van der Waals surface area contributed by atoms with Crippen LogP contribution in [-0.4, -0.2) is 69.3 Å². The van der Waals surface area contributed by atoms with Crippen LogP contribution in [0, 0.1) is 11.8 Å². The van der Waals surface area contributed by atoms with Gasteiger partial charge in [-0.15, -0.1) is 0 Å². The first-order valence-corrected chi connectivity index (χ1v) is 9.23. The molecule has 6 heteroatoms. The number of carbonyl (C=O) groups is 2. The van der Waals surface area contributed by atoms with Crippen LogP contribution in [0.5, 0.6) is 0 Å². The van der Waals surface area contributed by atoms with Crippen LogP contribution >= 0.6 is 0 Å². The Morgan fingerprint density at radius 2 is 2.04 bits per heavy atom. The lowest BCUT2D eigenvalue weighted by molar-refractivity contribution is -0.144. The van der Waals surface area contributed by atoms with Gasteiger partial charge in [-0.1, -0.05) is 6.92 Å². The molecule has 0 aromatic rings. The summed E-state index contributed by atoms with van der Waals surface area (Å²) in [5.74, 6) is 0.760. The van der Waals surface area contributed by atoms with Crippen LogP contribution in [0.2, 0.25) is 0 Å². The standard InChI is InChI=1S/C18H31NO5/c1-15-16(5-6-17(15)20)14-23-10-3-2-4-18(21)24-13-9-19-7-11-22-12-8-19/h15-16H,2-14H2,1H3/t15?,16-/m1/s1. The molecule has 1 unspecified atom stereocenters. The lowest BCUT2D eigenvalue weighted by Crippen LogP contribution is -2.38. The van der Waals surface area contributed by atoms with Gasteiger partial charge in [0.15, 0.2) is 0 Å². The van der Waals surface area contributed by atoms with E-state index in [9.17, 15) is 9.59 Å². The van der Waals surface area contributed by atoms with E-state index in [1.165, 1.54) is 0 Å². The van der Waals surface area contributed by atoms with Gasteiger partial charge in [-0.2, -0.15) is 0 Å². The number of carbonyl (C=O) groups excluding carboxylic acids is 2. The van der Waals surface area contributed by atoms with Gasteiger partial charge in [0.2, 0.25) is 0 Å². The van der Waals surface area contributed by atoms with E-state index in [4.69, 9.17) is 14.2 Å². The van der Waals surface area contributed by atoms with Crippen molar-refractivity contribution in [2.75, 3.05) is 52.7 Å². The van der Waals surface area contributed by atoms with Crippen molar-refractivity contribution in [2.45, 2.75) is 39.0 Å². The number of morpholine rings is 1. The van der Waals surface area contributed by atoms with Crippen LogP contribution in [-0.2, 0) is 23.8 Å². The molecule has 1 saturated carbocycles. The van der Waals surface area contributed by atoms with E-state index >= 15 is 0 Å². The molecule has 1 saturated heterocycles. The van der Waals surface area contributed by atoms with Gasteiger partial charge in [-0.05, 0) is 25.2 Å². The monoisotopic (exact) mass is 341 g/mol. The van der Waals surface area contributed by atoms with Crippen molar-refractivity contribution in [2.24, 2.45) is 11.8 Å². The Morgan fingerprint density at radius 1 is 1.25 bits per heavy atom. The third kappa shape index (κ3) is 6.87. The zero-order valence-electron chi connectivity index (χ0n) is 14.8. The summed E-state index contributed by atoms with van der Waals surface area (Å²) in [6.07, 6.45) is 3.74. The van der Waals surface area contributed by atoms with Crippen molar-refractivity contribution >= 4 is 11.8 Å². The molecule has 24 heavy (non-hydrogen) atoms. The fourth-order valence-corrected chi connectivity index (χ4v) is 3.19. The highest BCUT2D eigenvalue weighted by atomic mass is 16.5. The number of unbranched alkanes of at least 4 members (excludes halogenated alkanes) is 1. The number of ketones is 1. The maximum atomic E-state index is 11.7. The number of esters is 1. The van der Waals surface area contributed by atoms with Crippen molar-refractivity contribution in [1.29, 1.82) is 0 Å². The largest absolute Gasteiger partial charge is 0.464 e. The number of hydrogen-bond donors (Lipinski definition) is 0. The lowest BCUT2D eigenvalue weighted by atomic mass is 9.99. The number of ether oxygens (including phenoxy) is 3. The van der Waals surface area contributed by atoms with E-state index in [-0.39, 0.29) is 11.9 Å². The molecule has 0 amide bonds. The number of Topliss-reactive ketones (excluding diaryl/α,β-unsaturated/α-hetero) is 1. The van der Waals surface area contributed by atoms with Gasteiger partial charge in [-0.25, -0.2) is 0 Å². The van der Waals surface area contributed by atoms with E-state index in [0.29, 0.717) is 44.4 Å². The van der Waals surface area contributed by atoms with E-state index in [0.717, 1.165) is 52.1 Å². The Hall–Kier alpha value is -0.980. The topological polar surface area (TPSA) is 65.1 Å². The van der Waals surface area contributed by atoms with E-state index in [2.05, 4.69) is 4.90 Å². The SMILES string of the molecule is CC1C(=O)CC[C@@H]1COCCCCC(=O)OCCN1CCOCC1. The lowest BCUT2D eigenvalue weighted by Gasteiger charge is -2.26. The maximum Gasteiger partial charge on any atom is 0.305 e. The third-order valence-corrected chi connectivity index (χ3v) is 5.00. The zero-order chi connectivity index (χ0) is 17.2. The molecular weight excluding hydrogens is 310 g/mol. The molecule has 0 bridgehead atoms. The minimum absolute atomic E-state index is 0.127. The average molecular weight is 341 g/mol. The number of nitrogens with zero attached hydrogens (tertiary/aromatic N) is 1. The van der Waals surface area contributed by atoms with Crippen LogP contribution < -0.4 is 0 Å². The Balaban J connectivity index is 1.40. The Labute approximate surface area is 144 Å². The molecule has 2 fully saturated rings. The second-order valence-electron chi connectivity index (χ2n) is 6.76.